The number of anilines is 1. The number of carbonyl (C=O) groups excluding carboxylic acids is 1. The summed E-state index contributed by atoms with van der Waals surface area (Å²) in [7, 11) is 1.99. The van der Waals surface area contributed by atoms with Gasteiger partial charge in [-0.2, -0.15) is 0 Å². The van der Waals surface area contributed by atoms with Crippen molar-refractivity contribution in [3.8, 4) is 0 Å². The third-order valence-corrected chi connectivity index (χ3v) is 5.10. The van der Waals surface area contributed by atoms with E-state index in [-0.39, 0.29) is 5.91 Å². The first-order valence-electron chi connectivity index (χ1n) is 9.03. The molecule has 0 saturated heterocycles. The lowest BCUT2D eigenvalue weighted by Crippen LogP contribution is -2.17. The molecule has 0 fully saturated rings. The zero-order chi connectivity index (χ0) is 19.8. The number of nitrogens with two attached hydrogens (primary N) is 1. The number of allylic oxidation sites excluding steroid dienone is 2. The summed E-state index contributed by atoms with van der Waals surface area (Å²) < 4.78 is 2.03. The van der Waals surface area contributed by atoms with Gasteiger partial charge < -0.3 is 20.9 Å². The molecule has 0 radical (unpaired) electrons. The molecule has 2 heterocycles. The summed E-state index contributed by atoms with van der Waals surface area (Å²) in [5, 5.41) is 7.15. The smallest absolute Gasteiger partial charge is 0.255 e. The predicted molar refractivity (Wildman–Crippen MR) is 115 cm³/mol. The average Bonchev–Trinajstić information content (AvgIpc) is 3.06. The van der Waals surface area contributed by atoms with Crippen molar-refractivity contribution < 1.29 is 4.79 Å². The molecule has 0 bridgehead atoms. The van der Waals surface area contributed by atoms with Gasteiger partial charge in [-0.15, -0.1) is 0 Å². The molecule has 0 unspecified atom stereocenters. The number of benzene rings is 2. The minimum atomic E-state index is -0.134. The van der Waals surface area contributed by atoms with E-state index in [4.69, 9.17) is 5.73 Å². The van der Waals surface area contributed by atoms with E-state index in [1.165, 1.54) is 0 Å². The third kappa shape index (κ3) is 3.07. The van der Waals surface area contributed by atoms with Crippen molar-refractivity contribution in [2.24, 2.45) is 12.8 Å². The molecule has 1 aliphatic heterocycles. The lowest BCUT2D eigenvalue weighted by Gasteiger charge is -2.18. The number of carbonyl (C=O) groups is 1. The lowest BCUT2D eigenvalue weighted by molar-refractivity contribution is 0.102. The van der Waals surface area contributed by atoms with E-state index in [2.05, 4.69) is 17.2 Å². The Morgan fingerprint density at radius 1 is 1.21 bits per heavy atom. The van der Waals surface area contributed by atoms with Crippen LogP contribution in [0.15, 0.2) is 78.9 Å². The number of aromatic nitrogens is 1. The van der Waals surface area contributed by atoms with E-state index in [0.717, 1.165) is 33.3 Å². The zero-order valence-corrected chi connectivity index (χ0v) is 15.9. The van der Waals surface area contributed by atoms with Gasteiger partial charge in [-0.05, 0) is 54.5 Å². The van der Waals surface area contributed by atoms with Crippen LogP contribution in [0, 0.1) is 6.92 Å². The Bertz CT molecular complexity index is 1180. The number of fused-ring (bicyclic) bond motifs is 1. The minimum absolute atomic E-state index is 0.134. The molecule has 5 heteroatoms. The van der Waals surface area contributed by atoms with Crippen LogP contribution < -0.4 is 16.4 Å². The predicted octanol–water partition coefficient (Wildman–Crippen LogP) is 4.04. The molecule has 1 aromatic heterocycles. The standard InChI is InChI=1S/C23H22N4O/c1-14-19(18-12-20(24)15(2)25-13-18)5-4-6-21(14)26-23(28)17-7-8-22-16(11-17)9-10-27(22)3/h4-13,25H,2,24H2,1,3H3,(H,26,28). The van der Waals surface area contributed by atoms with Gasteiger partial charge in [-0.3, -0.25) is 4.79 Å². The lowest BCUT2D eigenvalue weighted by atomic mass is 9.97. The van der Waals surface area contributed by atoms with E-state index in [9.17, 15) is 4.79 Å². The molecule has 140 valence electrons. The highest BCUT2D eigenvalue weighted by Crippen LogP contribution is 2.28. The molecule has 5 nitrogen and oxygen atoms in total. The number of dihydropyridines is 1. The molecule has 0 aliphatic carbocycles. The molecule has 0 saturated carbocycles. The Kier molecular flexibility index (Phi) is 4.28. The number of hydrogen-bond donors (Lipinski definition) is 3. The Morgan fingerprint density at radius 3 is 2.82 bits per heavy atom. The van der Waals surface area contributed by atoms with E-state index in [1.54, 1.807) is 0 Å². The van der Waals surface area contributed by atoms with Crippen molar-refractivity contribution in [1.29, 1.82) is 0 Å². The van der Waals surface area contributed by atoms with Crippen LogP contribution in [0.1, 0.15) is 21.5 Å². The van der Waals surface area contributed by atoms with E-state index >= 15 is 0 Å². The molecular formula is C23H22N4O. The van der Waals surface area contributed by atoms with Crippen molar-refractivity contribution in [3.05, 3.63) is 95.6 Å². The molecule has 1 aliphatic rings. The van der Waals surface area contributed by atoms with Gasteiger partial charge >= 0.3 is 0 Å². The fraction of sp³-hybridized carbons (Fsp3) is 0.0870. The fourth-order valence-electron chi connectivity index (χ4n) is 3.40. The van der Waals surface area contributed by atoms with Crippen LogP contribution in [0.25, 0.3) is 16.5 Å². The summed E-state index contributed by atoms with van der Waals surface area (Å²) in [6.45, 7) is 5.84. The van der Waals surface area contributed by atoms with Crippen molar-refractivity contribution in [1.82, 2.24) is 9.88 Å². The van der Waals surface area contributed by atoms with Crippen LogP contribution in [0.2, 0.25) is 0 Å². The van der Waals surface area contributed by atoms with E-state index in [1.807, 2.05) is 79.5 Å². The van der Waals surface area contributed by atoms with Crippen LogP contribution in [0.4, 0.5) is 5.69 Å². The average molecular weight is 370 g/mol. The summed E-state index contributed by atoms with van der Waals surface area (Å²) in [4.78, 5) is 12.8. The summed E-state index contributed by atoms with van der Waals surface area (Å²) in [6.07, 6.45) is 5.74. The first-order chi connectivity index (χ1) is 13.4. The van der Waals surface area contributed by atoms with Crippen LogP contribution in [0.5, 0.6) is 0 Å². The van der Waals surface area contributed by atoms with Gasteiger partial charge in [0.2, 0.25) is 0 Å². The summed E-state index contributed by atoms with van der Waals surface area (Å²) in [5.41, 5.74) is 12.7. The molecule has 0 atom stereocenters. The number of rotatable bonds is 3. The van der Waals surface area contributed by atoms with Gasteiger partial charge in [0.25, 0.3) is 5.91 Å². The molecule has 2 aromatic carbocycles. The second-order valence-corrected chi connectivity index (χ2v) is 6.95. The third-order valence-electron chi connectivity index (χ3n) is 5.10. The van der Waals surface area contributed by atoms with Crippen molar-refractivity contribution in [2.45, 2.75) is 6.92 Å². The Hall–Kier alpha value is -3.73. The second-order valence-electron chi connectivity index (χ2n) is 6.95. The number of hydrogen-bond acceptors (Lipinski definition) is 3. The van der Waals surface area contributed by atoms with Crippen LogP contribution in [-0.4, -0.2) is 10.5 Å². The maximum absolute atomic E-state index is 12.8. The summed E-state index contributed by atoms with van der Waals surface area (Å²) >= 11 is 0. The van der Waals surface area contributed by atoms with Crippen LogP contribution in [0.3, 0.4) is 0 Å². The highest BCUT2D eigenvalue weighted by molar-refractivity contribution is 6.07. The van der Waals surface area contributed by atoms with Gasteiger partial charge in [-0.1, -0.05) is 18.7 Å². The quantitative estimate of drug-likeness (QED) is 0.652. The molecule has 0 spiro atoms. The van der Waals surface area contributed by atoms with Gasteiger partial charge in [0.1, 0.15) is 0 Å². The molecule has 4 rings (SSSR count). The highest BCUT2D eigenvalue weighted by Gasteiger charge is 2.14. The maximum Gasteiger partial charge on any atom is 0.255 e. The number of aryl methyl sites for hydroxylation is 1. The molecule has 3 aromatic rings. The monoisotopic (exact) mass is 370 g/mol. The molecule has 1 amide bonds. The Balaban J connectivity index is 1.63. The number of amides is 1. The second kappa shape index (κ2) is 6.78. The van der Waals surface area contributed by atoms with Gasteiger partial charge in [0, 0.05) is 47.2 Å². The number of nitrogens with zero attached hydrogens (tertiary/aromatic N) is 1. The highest BCUT2D eigenvalue weighted by atomic mass is 16.1. The fourth-order valence-corrected chi connectivity index (χ4v) is 3.40. The van der Waals surface area contributed by atoms with Crippen molar-refractivity contribution >= 4 is 28.1 Å². The molecule has 28 heavy (non-hydrogen) atoms. The van der Waals surface area contributed by atoms with Gasteiger partial charge in [0.15, 0.2) is 0 Å². The van der Waals surface area contributed by atoms with E-state index in [0.29, 0.717) is 17.0 Å². The number of nitrogens with one attached hydrogen (secondary N) is 2. The Labute approximate surface area is 163 Å². The van der Waals surface area contributed by atoms with Crippen molar-refractivity contribution in [2.75, 3.05) is 5.32 Å². The summed E-state index contributed by atoms with van der Waals surface area (Å²) in [6, 6.07) is 13.6. The first-order valence-corrected chi connectivity index (χ1v) is 9.03. The molecular weight excluding hydrogens is 348 g/mol. The van der Waals surface area contributed by atoms with E-state index < -0.39 is 0 Å². The molecule has 4 N–H and O–H groups in total. The Morgan fingerprint density at radius 2 is 2.04 bits per heavy atom. The van der Waals surface area contributed by atoms with Crippen molar-refractivity contribution in [3.63, 3.8) is 0 Å². The zero-order valence-electron chi connectivity index (χ0n) is 15.9. The normalized spacial score (nSPS) is 13.7. The maximum atomic E-state index is 12.8. The largest absolute Gasteiger partial charge is 0.397 e. The SMILES string of the molecule is C=C1NC=C(c2cccc(NC(=O)c3ccc4c(ccn4C)c3)c2C)C=C1N. The topological polar surface area (TPSA) is 72.1 Å². The van der Waals surface area contributed by atoms with Crippen LogP contribution in [-0.2, 0) is 7.05 Å². The van der Waals surface area contributed by atoms with Crippen LogP contribution >= 0.6 is 0 Å². The van der Waals surface area contributed by atoms with Gasteiger partial charge in [-0.25, -0.2) is 0 Å². The minimum Gasteiger partial charge on any atom is -0.397 e. The first kappa shape index (κ1) is 17.7. The van der Waals surface area contributed by atoms with Gasteiger partial charge in [0.05, 0.1) is 11.4 Å². The summed E-state index contributed by atoms with van der Waals surface area (Å²) in [5.74, 6) is -0.134.